The van der Waals surface area contributed by atoms with Gasteiger partial charge in [-0.2, -0.15) is 0 Å². The molecule has 0 nitrogen and oxygen atoms in total. The Bertz CT molecular complexity index is 1420. The van der Waals surface area contributed by atoms with Crippen LogP contribution in [0.5, 0.6) is 0 Å². The van der Waals surface area contributed by atoms with Crippen LogP contribution < -0.4 is 0 Å². The average Bonchev–Trinajstić information content (AvgIpc) is 2.99. The summed E-state index contributed by atoms with van der Waals surface area (Å²) in [4.78, 5) is 0. The monoisotopic (exact) mass is 526 g/mol. The van der Waals surface area contributed by atoms with Gasteiger partial charge >= 0.3 is 0 Å². The van der Waals surface area contributed by atoms with E-state index in [4.69, 9.17) is 0 Å². The molecule has 0 amide bonds. The summed E-state index contributed by atoms with van der Waals surface area (Å²) in [6, 6.07) is 56.9. The van der Waals surface area contributed by atoms with Crippen LogP contribution in [0.4, 0.5) is 0 Å². The van der Waals surface area contributed by atoms with Gasteiger partial charge in [-0.15, -0.1) is 0 Å². The highest BCUT2D eigenvalue weighted by Crippen LogP contribution is 2.24. The van der Waals surface area contributed by atoms with Crippen LogP contribution >= 0.6 is 0 Å². The summed E-state index contributed by atoms with van der Waals surface area (Å²) in [7, 11) is 0. The summed E-state index contributed by atoms with van der Waals surface area (Å²) < 4.78 is 0. The average molecular weight is 527 g/mol. The Morgan fingerprint density at radius 2 is 0.512 bits per heavy atom. The van der Waals surface area contributed by atoms with Crippen LogP contribution in [0.1, 0.15) is 55.6 Å². The number of benzene rings is 6. The van der Waals surface area contributed by atoms with E-state index in [1.807, 2.05) is 0 Å². The Labute approximate surface area is 245 Å². The highest BCUT2D eigenvalue weighted by atomic mass is 14.1. The van der Waals surface area contributed by atoms with E-state index in [2.05, 4.69) is 164 Å². The number of rotatable bonds is 10. The van der Waals surface area contributed by atoms with Crippen LogP contribution in [0.2, 0.25) is 0 Å². The smallest absolute Gasteiger partial charge is 0.0502 e. The second kappa shape index (κ2) is 13.1. The lowest BCUT2D eigenvalue weighted by atomic mass is 9.91. The third-order valence-corrected chi connectivity index (χ3v) is 7.40. The number of hydrogen-bond acceptors (Lipinski definition) is 0. The summed E-state index contributed by atoms with van der Waals surface area (Å²) in [6.07, 6.45) is 7.44. The summed E-state index contributed by atoms with van der Waals surface area (Å²) in [5.74, 6) is 0. The third-order valence-electron chi connectivity index (χ3n) is 7.40. The molecular formula is C41H34. The second-order valence-electron chi connectivity index (χ2n) is 10.9. The Kier molecular flexibility index (Phi) is 8.49. The van der Waals surface area contributed by atoms with Crippen LogP contribution in [-0.4, -0.2) is 0 Å². The molecule has 0 atom stereocenters. The van der Waals surface area contributed by atoms with Crippen molar-refractivity contribution >= 4 is 0 Å². The normalized spacial score (nSPS) is 10.9. The van der Waals surface area contributed by atoms with Gasteiger partial charge in [0.05, 0.1) is 6.42 Å². The zero-order valence-electron chi connectivity index (χ0n) is 23.3. The van der Waals surface area contributed by atoms with Gasteiger partial charge in [0.15, 0.2) is 0 Å². The first kappa shape index (κ1) is 26.5. The lowest BCUT2D eigenvalue weighted by molar-refractivity contribution is 1.12. The van der Waals surface area contributed by atoms with Crippen LogP contribution in [0, 0.1) is 6.42 Å². The van der Waals surface area contributed by atoms with E-state index in [0.717, 1.165) is 36.8 Å². The first-order valence-corrected chi connectivity index (χ1v) is 14.4. The zero-order chi connectivity index (χ0) is 27.7. The standard InChI is InChI=1S/C41H34/c1-5-13-32(14-6-1)21-36-25-37(22-33-15-7-2-8-16-33)28-40(27-36)31-41-29-38(23-34-17-9-3-10-18-34)26-39(30-41)24-35-19-11-4-12-20-35/h1-20,25-30H,21-24H2. The molecule has 0 saturated heterocycles. The van der Waals surface area contributed by atoms with Crippen LogP contribution in [0.3, 0.4) is 0 Å². The van der Waals surface area contributed by atoms with E-state index in [1.54, 1.807) is 0 Å². The Balaban J connectivity index is 1.34. The Morgan fingerprint density at radius 3 is 0.756 bits per heavy atom. The highest BCUT2D eigenvalue weighted by molar-refractivity contribution is 5.47. The van der Waals surface area contributed by atoms with E-state index in [-0.39, 0.29) is 0 Å². The van der Waals surface area contributed by atoms with Crippen molar-refractivity contribution in [3.05, 3.63) is 220 Å². The van der Waals surface area contributed by atoms with Crippen LogP contribution in [0.15, 0.2) is 158 Å². The van der Waals surface area contributed by atoms with E-state index >= 15 is 0 Å². The van der Waals surface area contributed by atoms with Gasteiger partial charge in [-0.25, -0.2) is 0 Å². The van der Waals surface area contributed by atoms with Crippen molar-refractivity contribution in [2.24, 2.45) is 0 Å². The molecule has 0 aliphatic carbocycles. The predicted molar refractivity (Wildman–Crippen MR) is 171 cm³/mol. The fourth-order valence-electron chi connectivity index (χ4n) is 5.57. The summed E-state index contributed by atoms with van der Waals surface area (Å²) in [5.41, 5.74) is 12.8. The minimum Gasteiger partial charge on any atom is -0.0622 e. The van der Waals surface area contributed by atoms with Gasteiger partial charge < -0.3 is 0 Å². The summed E-state index contributed by atoms with van der Waals surface area (Å²) in [6.45, 7) is 0. The largest absolute Gasteiger partial charge is 0.0622 e. The zero-order valence-corrected chi connectivity index (χ0v) is 23.3. The van der Waals surface area contributed by atoms with E-state index in [1.165, 1.54) is 44.5 Å². The number of hydrogen-bond donors (Lipinski definition) is 0. The lowest BCUT2D eigenvalue weighted by Crippen LogP contribution is -1.99. The molecule has 0 spiro atoms. The molecule has 0 aromatic heterocycles. The first-order valence-electron chi connectivity index (χ1n) is 14.4. The van der Waals surface area contributed by atoms with Crippen molar-refractivity contribution in [3.63, 3.8) is 0 Å². The van der Waals surface area contributed by atoms with Gasteiger partial charge in [0.1, 0.15) is 0 Å². The molecule has 0 heteroatoms. The maximum Gasteiger partial charge on any atom is 0.0502 e. The molecule has 0 N–H and O–H groups in total. The molecule has 0 aliphatic rings. The lowest BCUT2D eigenvalue weighted by Gasteiger charge is -2.13. The first-order chi connectivity index (χ1) is 20.2. The van der Waals surface area contributed by atoms with Crippen molar-refractivity contribution in [1.82, 2.24) is 0 Å². The van der Waals surface area contributed by atoms with Gasteiger partial charge in [0.25, 0.3) is 0 Å². The maximum atomic E-state index is 3.81. The molecule has 198 valence electrons. The van der Waals surface area contributed by atoms with Crippen LogP contribution in [0.25, 0.3) is 0 Å². The maximum absolute atomic E-state index is 3.81. The molecule has 0 saturated carbocycles. The molecule has 0 aliphatic heterocycles. The van der Waals surface area contributed by atoms with E-state index in [9.17, 15) is 0 Å². The van der Waals surface area contributed by atoms with E-state index in [0.29, 0.717) is 0 Å². The van der Waals surface area contributed by atoms with Gasteiger partial charge in [0.2, 0.25) is 0 Å². The van der Waals surface area contributed by atoms with Crippen molar-refractivity contribution in [3.8, 4) is 0 Å². The summed E-state index contributed by atoms with van der Waals surface area (Å²) >= 11 is 0. The third kappa shape index (κ3) is 7.71. The van der Waals surface area contributed by atoms with Gasteiger partial charge in [-0.1, -0.05) is 158 Å². The molecule has 41 heavy (non-hydrogen) atoms. The Morgan fingerprint density at radius 1 is 0.268 bits per heavy atom. The fraction of sp³-hybridized carbons (Fsp3) is 0.0976. The van der Waals surface area contributed by atoms with Crippen molar-refractivity contribution in [2.75, 3.05) is 0 Å². The molecule has 0 unspecified atom stereocenters. The van der Waals surface area contributed by atoms with Crippen molar-refractivity contribution in [1.29, 1.82) is 0 Å². The fourth-order valence-corrected chi connectivity index (χ4v) is 5.57. The molecule has 6 aromatic rings. The minimum atomic E-state index is 0.908. The van der Waals surface area contributed by atoms with Gasteiger partial charge in [-0.05, 0) is 81.3 Å². The van der Waals surface area contributed by atoms with Crippen LogP contribution in [-0.2, 0) is 25.7 Å². The molecule has 0 heterocycles. The molecule has 2 radical (unpaired) electrons. The molecule has 0 fully saturated rings. The summed E-state index contributed by atoms with van der Waals surface area (Å²) in [5, 5.41) is 0. The van der Waals surface area contributed by atoms with Crippen molar-refractivity contribution < 1.29 is 0 Å². The predicted octanol–water partition coefficient (Wildman–Crippen LogP) is 9.53. The van der Waals surface area contributed by atoms with Gasteiger partial charge in [-0.3, -0.25) is 0 Å². The molecule has 6 aromatic carbocycles. The van der Waals surface area contributed by atoms with Gasteiger partial charge in [0, 0.05) is 0 Å². The Hall–Kier alpha value is -4.68. The second-order valence-corrected chi connectivity index (χ2v) is 10.9. The highest BCUT2D eigenvalue weighted by Gasteiger charge is 2.09. The quantitative estimate of drug-likeness (QED) is 0.167. The topological polar surface area (TPSA) is 0 Å². The molecule has 6 rings (SSSR count). The molecule has 0 bridgehead atoms. The van der Waals surface area contributed by atoms with Crippen molar-refractivity contribution in [2.45, 2.75) is 25.7 Å². The minimum absolute atomic E-state index is 0.908. The molecular weight excluding hydrogens is 492 g/mol. The van der Waals surface area contributed by atoms with E-state index < -0.39 is 0 Å². The SMILES string of the molecule is [C](c1cc(Cc2ccccc2)cc(Cc2ccccc2)c1)c1cc(Cc2ccccc2)cc(Cc2ccccc2)c1.